The minimum Gasteiger partial charge on any atom is -0.518 e. The van der Waals surface area contributed by atoms with Gasteiger partial charge in [-0.25, -0.2) is 0 Å². The predicted octanol–water partition coefficient (Wildman–Crippen LogP) is 6.17. The van der Waals surface area contributed by atoms with Crippen LogP contribution in [0.15, 0.2) is 0 Å². The molecule has 0 aliphatic carbocycles. The molecule has 0 aliphatic heterocycles. The zero-order valence-electron chi connectivity index (χ0n) is 20.5. The van der Waals surface area contributed by atoms with Crippen LogP contribution >= 0.6 is 0 Å². The van der Waals surface area contributed by atoms with E-state index in [-0.39, 0.29) is 22.0 Å². The maximum Gasteiger partial charge on any atom is 0.501 e. The fraction of sp³-hybridized carbons (Fsp3) is 0.952. The summed E-state index contributed by atoms with van der Waals surface area (Å²) in [5, 5.41) is -0.161. The van der Waals surface area contributed by atoms with E-state index in [9.17, 15) is 4.79 Å². The first-order chi connectivity index (χ1) is 12.6. The third kappa shape index (κ3) is 6.39. The van der Waals surface area contributed by atoms with Gasteiger partial charge in [-0.05, 0) is 36.4 Å². The van der Waals surface area contributed by atoms with Crippen LogP contribution in [0.1, 0.15) is 83.1 Å². The van der Waals surface area contributed by atoms with Crippen molar-refractivity contribution in [2.45, 2.75) is 105 Å². The van der Waals surface area contributed by atoms with Crippen molar-refractivity contribution in [2.75, 3.05) is 19.8 Å². The Labute approximate surface area is 176 Å². The van der Waals surface area contributed by atoms with Crippen LogP contribution in [0.25, 0.3) is 0 Å². The van der Waals surface area contributed by atoms with Crippen LogP contribution in [-0.2, 0) is 22.5 Å². The van der Waals surface area contributed by atoms with E-state index >= 15 is 0 Å². The number of carbonyl (C=O) groups is 1. The van der Waals surface area contributed by atoms with Crippen LogP contribution in [0, 0.1) is 5.92 Å². The monoisotopic (exact) mass is 434 g/mol. The molecule has 0 amide bonds. The second kappa shape index (κ2) is 10.7. The Kier molecular flexibility index (Phi) is 10.6. The van der Waals surface area contributed by atoms with Gasteiger partial charge >= 0.3 is 8.80 Å². The summed E-state index contributed by atoms with van der Waals surface area (Å²) in [6.07, 6.45) is 0. The lowest BCUT2D eigenvalue weighted by Gasteiger charge is -2.52. The van der Waals surface area contributed by atoms with Crippen LogP contribution in [0.3, 0.4) is 0 Å². The van der Waals surface area contributed by atoms with E-state index in [0.717, 1.165) is 0 Å². The zero-order chi connectivity index (χ0) is 22.4. The van der Waals surface area contributed by atoms with Gasteiger partial charge in [-0.2, -0.15) is 0 Å². The summed E-state index contributed by atoms with van der Waals surface area (Å²) in [4.78, 5) is 13.3. The van der Waals surface area contributed by atoms with Crippen molar-refractivity contribution in [3.8, 4) is 0 Å². The summed E-state index contributed by atoms with van der Waals surface area (Å²) in [6, 6.07) is 0.443. The third-order valence-corrected chi connectivity index (χ3v) is 15.3. The van der Waals surface area contributed by atoms with E-state index in [1.165, 1.54) is 0 Å². The lowest BCUT2D eigenvalue weighted by Crippen LogP contribution is -2.58. The molecule has 0 fully saturated rings. The quantitative estimate of drug-likeness (QED) is 0.364. The highest BCUT2D eigenvalue weighted by Gasteiger charge is 2.60. The van der Waals surface area contributed by atoms with E-state index in [0.29, 0.717) is 31.4 Å². The average molecular weight is 435 g/mol. The van der Waals surface area contributed by atoms with E-state index in [1.807, 2.05) is 27.7 Å². The van der Waals surface area contributed by atoms with Crippen molar-refractivity contribution >= 4 is 23.1 Å². The van der Waals surface area contributed by atoms with Gasteiger partial charge in [0, 0.05) is 25.9 Å². The highest BCUT2D eigenvalue weighted by atomic mass is 28.4. The van der Waals surface area contributed by atoms with Gasteiger partial charge in [0.05, 0.1) is 5.92 Å². The molecule has 0 N–H and O–H groups in total. The van der Waals surface area contributed by atoms with Crippen molar-refractivity contribution in [3.05, 3.63) is 0 Å². The fourth-order valence-corrected chi connectivity index (χ4v) is 14.9. The first-order valence-corrected chi connectivity index (χ1v) is 14.7. The first-order valence-electron chi connectivity index (χ1n) is 10.8. The van der Waals surface area contributed by atoms with Crippen molar-refractivity contribution < 1.29 is 22.5 Å². The highest BCUT2D eigenvalue weighted by molar-refractivity contribution is 6.81. The summed E-state index contributed by atoms with van der Waals surface area (Å²) in [5.41, 5.74) is 0.302. The Morgan fingerprint density at radius 2 is 1.14 bits per heavy atom. The number of carbonyl (C=O) groups excluding carboxylic acids is 1. The topological polar surface area (TPSA) is 54.0 Å². The van der Waals surface area contributed by atoms with Gasteiger partial charge < -0.3 is 17.7 Å². The predicted molar refractivity (Wildman–Crippen MR) is 121 cm³/mol. The Morgan fingerprint density at radius 1 is 0.786 bits per heavy atom. The standard InChI is InChI=1S/C21H46O5Si2/c1-13-23-27(24-14-2,25-15-3)16-18(6)19(22)26-28(17(4)5,20(7,8)9)21(10,11)12/h17-18H,13-16H2,1-12H3. The first kappa shape index (κ1) is 27.8. The Morgan fingerprint density at radius 3 is 1.39 bits per heavy atom. The second-order valence-corrected chi connectivity index (χ2v) is 18.4. The van der Waals surface area contributed by atoms with Gasteiger partial charge in [0.25, 0.3) is 14.3 Å². The maximum atomic E-state index is 13.3. The molecule has 0 aliphatic rings. The molecule has 7 heteroatoms. The number of hydrogen-bond donors (Lipinski definition) is 0. The van der Waals surface area contributed by atoms with E-state index in [4.69, 9.17) is 17.7 Å². The molecule has 0 saturated carbocycles. The minimum atomic E-state index is -2.90. The van der Waals surface area contributed by atoms with Crippen molar-refractivity contribution in [1.29, 1.82) is 0 Å². The molecule has 0 spiro atoms. The molecule has 0 aromatic carbocycles. The summed E-state index contributed by atoms with van der Waals surface area (Å²) >= 11 is 0. The molecule has 1 unspecified atom stereocenters. The smallest absolute Gasteiger partial charge is 0.501 e. The molecular weight excluding hydrogens is 388 g/mol. The Hall–Kier alpha value is -0.216. The zero-order valence-corrected chi connectivity index (χ0v) is 22.5. The normalized spacial score (nSPS) is 15.0. The molecule has 5 nitrogen and oxygen atoms in total. The largest absolute Gasteiger partial charge is 0.518 e. The third-order valence-electron chi connectivity index (χ3n) is 5.35. The fourth-order valence-electron chi connectivity index (χ4n) is 4.96. The molecule has 0 aromatic heterocycles. The van der Waals surface area contributed by atoms with Gasteiger partial charge in [0.2, 0.25) is 0 Å². The molecular formula is C21H46O5Si2. The van der Waals surface area contributed by atoms with Gasteiger partial charge in [0.15, 0.2) is 0 Å². The summed E-state index contributed by atoms with van der Waals surface area (Å²) in [5.74, 6) is -0.493. The van der Waals surface area contributed by atoms with E-state index < -0.39 is 17.1 Å². The van der Waals surface area contributed by atoms with Gasteiger partial charge in [0.1, 0.15) is 0 Å². The summed E-state index contributed by atoms with van der Waals surface area (Å²) < 4.78 is 24.4. The van der Waals surface area contributed by atoms with Crippen LogP contribution in [0.2, 0.25) is 21.7 Å². The lowest BCUT2D eigenvalue weighted by atomic mass is 10.2. The van der Waals surface area contributed by atoms with Gasteiger partial charge in [-0.1, -0.05) is 62.3 Å². The Balaban J connectivity index is 5.80. The van der Waals surface area contributed by atoms with Crippen LogP contribution in [-0.4, -0.2) is 42.9 Å². The molecule has 1 atom stereocenters. The molecule has 0 radical (unpaired) electrons. The van der Waals surface area contributed by atoms with Crippen molar-refractivity contribution in [1.82, 2.24) is 0 Å². The molecule has 0 rings (SSSR count). The lowest BCUT2D eigenvalue weighted by molar-refractivity contribution is -0.140. The second-order valence-electron chi connectivity index (χ2n) is 9.90. The summed E-state index contributed by atoms with van der Waals surface area (Å²) in [6.45, 7) is 26.9. The highest BCUT2D eigenvalue weighted by Crippen LogP contribution is 2.57. The SMILES string of the molecule is CCO[Si](CC(C)C(=O)O[Si](C(C)C)(C(C)(C)C)C(C)(C)C)(OCC)OCC. The molecule has 0 bridgehead atoms. The maximum absolute atomic E-state index is 13.3. The van der Waals surface area contributed by atoms with Gasteiger partial charge in [-0.3, -0.25) is 4.79 Å². The number of hydrogen-bond acceptors (Lipinski definition) is 5. The molecule has 168 valence electrons. The van der Waals surface area contributed by atoms with Gasteiger partial charge in [-0.15, -0.1) is 0 Å². The van der Waals surface area contributed by atoms with Crippen molar-refractivity contribution in [2.24, 2.45) is 5.92 Å². The number of rotatable bonds is 11. The summed E-state index contributed by atoms with van der Waals surface area (Å²) in [7, 11) is -5.39. The molecule has 0 aromatic rings. The molecule has 28 heavy (non-hydrogen) atoms. The van der Waals surface area contributed by atoms with Crippen LogP contribution in [0.4, 0.5) is 0 Å². The average Bonchev–Trinajstić information content (AvgIpc) is 2.50. The van der Waals surface area contributed by atoms with E-state index in [1.54, 1.807) is 0 Å². The molecule has 0 heterocycles. The molecule has 0 saturated heterocycles. The van der Waals surface area contributed by atoms with Crippen LogP contribution in [0.5, 0.6) is 0 Å². The van der Waals surface area contributed by atoms with Crippen molar-refractivity contribution in [3.63, 3.8) is 0 Å². The van der Waals surface area contributed by atoms with E-state index in [2.05, 4.69) is 55.4 Å². The minimum absolute atomic E-state index is 0.0803. The Bertz CT molecular complexity index is 449. The van der Waals surface area contributed by atoms with Crippen LogP contribution < -0.4 is 0 Å².